The van der Waals surface area contributed by atoms with Crippen LogP contribution >= 0.6 is 0 Å². The van der Waals surface area contributed by atoms with Gasteiger partial charge in [0, 0.05) is 18.4 Å². The second-order valence-corrected chi connectivity index (χ2v) is 4.49. The molecule has 1 unspecified atom stereocenters. The third-order valence-corrected chi connectivity index (χ3v) is 2.88. The van der Waals surface area contributed by atoms with Crippen LogP contribution in [-0.2, 0) is 6.42 Å². The first-order chi connectivity index (χ1) is 9.25. The van der Waals surface area contributed by atoms with Gasteiger partial charge in [0.05, 0.1) is 6.20 Å². The fraction of sp³-hybridized carbons (Fsp3) is 0.267. The van der Waals surface area contributed by atoms with Gasteiger partial charge in [0.15, 0.2) is 0 Å². The third-order valence-electron chi connectivity index (χ3n) is 2.88. The summed E-state index contributed by atoms with van der Waals surface area (Å²) in [4.78, 5) is 19.7. The van der Waals surface area contributed by atoms with E-state index < -0.39 is 0 Å². The Balaban J connectivity index is 1.81. The predicted molar refractivity (Wildman–Crippen MR) is 73.7 cm³/mol. The number of carbonyl (C=O) groups excluding carboxylic acids is 1. The maximum absolute atomic E-state index is 11.9. The normalized spacial score (nSPS) is 11.8. The van der Waals surface area contributed by atoms with Crippen LogP contribution in [0, 0.1) is 0 Å². The highest BCUT2D eigenvalue weighted by Gasteiger charge is 2.10. The number of aromatic nitrogens is 2. The van der Waals surface area contributed by atoms with Crippen LogP contribution in [-0.4, -0.2) is 21.9 Å². The van der Waals surface area contributed by atoms with E-state index in [0.717, 1.165) is 12.8 Å². The summed E-state index contributed by atoms with van der Waals surface area (Å²) in [6.45, 7) is 2.00. The highest BCUT2D eigenvalue weighted by Crippen LogP contribution is 2.05. The Labute approximate surface area is 112 Å². The molecule has 98 valence electrons. The van der Waals surface area contributed by atoms with Crippen molar-refractivity contribution in [2.24, 2.45) is 0 Å². The van der Waals surface area contributed by atoms with Crippen molar-refractivity contribution in [3.05, 3.63) is 60.2 Å². The van der Waals surface area contributed by atoms with Gasteiger partial charge < -0.3 is 5.32 Å². The summed E-state index contributed by atoms with van der Waals surface area (Å²) in [6, 6.07) is 10.3. The monoisotopic (exact) mass is 255 g/mol. The molecular formula is C15H17N3O. The molecule has 1 amide bonds. The van der Waals surface area contributed by atoms with Crippen molar-refractivity contribution in [2.45, 2.75) is 25.8 Å². The lowest BCUT2D eigenvalue weighted by atomic mass is 10.1. The maximum Gasteiger partial charge on any atom is 0.271 e. The molecule has 0 saturated heterocycles. The standard InChI is InChI=1S/C15H17N3O/c1-12(7-8-13-5-3-2-4-6-13)18-15(19)14-11-16-9-10-17-14/h2-6,9-12H,7-8H2,1H3,(H,18,19). The van der Waals surface area contributed by atoms with Crippen LogP contribution in [0.25, 0.3) is 0 Å². The van der Waals surface area contributed by atoms with Crippen molar-refractivity contribution < 1.29 is 4.79 Å². The quantitative estimate of drug-likeness (QED) is 0.891. The van der Waals surface area contributed by atoms with Gasteiger partial charge >= 0.3 is 0 Å². The van der Waals surface area contributed by atoms with Crippen LogP contribution < -0.4 is 5.32 Å². The molecule has 0 bridgehead atoms. The first-order valence-corrected chi connectivity index (χ1v) is 6.36. The summed E-state index contributed by atoms with van der Waals surface area (Å²) in [5.74, 6) is -0.173. The van der Waals surface area contributed by atoms with Crippen molar-refractivity contribution >= 4 is 5.91 Å². The molecule has 4 heteroatoms. The Hall–Kier alpha value is -2.23. The Morgan fingerprint density at radius 3 is 2.74 bits per heavy atom. The summed E-state index contributed by atoms with van der Waals surface area (Å²) < 4.78 is 0. The van der Waals surface area contributed by atoms with Gasteiger partial charge in [0.25, 0.3) is 5.91 Å². The topological polar surface area (TPSA) is 54.9 Å². The lowest BCUT2D eigenvalue weighted by molar-refractivity contribution is 0.0933. The van der Waals surface area contributed by atoms with Crippen molar-refractivity contribution in [3.63, 3.8) is 0 Å². The van der Waals surface area contributed by atoms with Crippen LogP contribution in [0.1, 0.15) is 29.4 Å². The number of carbonyl (C=O) groups is 1. The molecule has 1 aromatic carbocycles. The molecule has 0 fully saturated rings. The van der Waals surface area contributed by atoms with E-state index in [1.54, 1.807) is 6.20 Å². The van der Waals surface area contributed by atoms with Crippen molar-refractivity contribution in [3.8, 4) is 0 Å². The summed E-state index contributed by atoms with van der Waals surface area (Å²) in [7, 11) is 0. The fourth-order valence-corrected chi connectivity index (χ4v) is 1.81. The largest absolute Gasteiger partial charge is 0.348 e. The smallest absolute Gasteiger partial charge is 0.271 e. The number of hydrogen-bond donors (Lipinski definition) is 1. The summed E-state index contributed by atoms with van der Waals surface area (Å²) >= 11 is 0. The minimum atomic E-state index is -0.173. The van der Waals surface area contributed by atoms with Gasteiger partial charge in [0.1, 0.15) is 5.69 Å². The molecule has 19 heavy (non-hydrogen) atoms. The summed E-state index contributed by atoms with van der Waals surface area (Å²) in [5.41, 5.74) is 1.64. The van der Waals surface area contributed by atoms with Crippen LogP contribution in [0.15, 0.2) is 48.9 Å². The van der Waals surface area contributed by atoms with E-state index in [4.69, 9.17) is 0 Å². The van der Waals surface area contributed by atoms with Crippen molar-refractivity contribution in [1.82, 2.24) is 15.3 Å². The highest BCUT2D eigenvalue weighted by molar-refractivity contribution is 5.92. The van der Waals surface area contributed by atoms with E-state index in [2.05, 4.69) is 27.4 Å². The van der Waals surface area contributed by atoms with Crippen molar-refractivity contribution in [1.29, 1.82) is 0 Å². The minimum absolute atomic E-state index is 0.106. The number of nitrogens with zero attached hydrogens (tertiary/aromatic N) is 2. The molecule has 0 aliphatic heterocycles. The molecule has 0 spiro atoms. The zero-order valence-electron chi connectivity index (χ0n) is 10.9. The molecule has 2 rings (SSSR count). The van der Waals surface area contributed by atoms with E-state index in [-0.39, 0.29) is 11.9 Å². The first-order valence-electron chi connectivity index (χ1n) is 6.36. The number of aryl methyl sites for hydroxylation is 1. The van der Waals surface area contributed by atoms with Crippen LogP contribution in [0.4, 0.5) is 0 Å². The maximum atomic E-state index is 11.9. The van der Waals surface area contributed by atoms with E-state index in [0.29, 0.717) is 5.69 Å². The number of hydrogen-bond acceptors (Lipinski definition) is 3. The lowest BCUT2D eigenvalue weighted by Crippen LogP contribution is -2.33. The molecule has 2 aromatic rings. The van der Waals surface area contributed by atoms with Gasteiger partial charge in [-0.3, -0.25) is 9.78 Å². The average Bonchev–Trinajstić information content (AvgIpc) is 2.47. The molecule has 4 nitrogen and oxygen atoms in total. The van der Waals surface area contributed by atoms with Crippen LogP contribution in [0.3, 0.4) is 0 Å². The molecular weight excluding hydrogens is 238 g/mol. The van der Waals surface area contributed by atoms with Gasteiger partial charge in [-0.1, -0.05) is 30.3 Å². The molecule has 0 aliphatic carbocycles. The van der Waals surface area contributed by atoms with Gasteiger partial charge in [-0.25, -0.2) is 4.98 Å². The summed E-state index contributed by atoms with van der Waals surface area (Å²) in [5, 5.41) is 2.92. The van der Waals surface area contributed by atoms with Gasteiger partial charge in [-0.2, -0.15) is 0 Å². The Kier molecular flexibility index (Phi) is 4.61. The van der Waals surface area contributed by atoms with E-state index >= 15 is 0 Å². The van der Waals surface area contributed by atoms with Crippen molar-refractivity contribution in [2.75, 3.05) is 0 Å². The molecule has 0 radical (unpaired) electrons. The van der Waals surface area contributed by atoms with E-state index in [9.17, 15) is 4.79 Å². The number of amides is 1. The van der Waals surface area contributed by atoms with Crippen LogP contribution in [0.5, 0.6) is 0 Å². The average molecular weight is 255 g/mol. The number of rotatable bonds is 5. The molecule has 0 aliphatic rings. The second-order valence-electron chi connectivity index (χ2n) is 4.49. The van der Waals surface area contributed by atoms with Gasteiger partial charge in [-0.15, -0.1) is 0 Å². The molecule has 1 heterocycles. The molecule has 1 aromatic heterocycles. The van der Waals surface area contributed by atoms with Gasteiger partial charge in [-0.05, 0) is 25.3 Å². The first kappa shape index (κ1) is 13.2. The lowest BCUT2D eigenvalue weighted by Gasteiger charge is -2.13. The van der Waals surface area contributed by atoms with Crippen LogP contribution in [0.2, 0.25) is 0 Å². The SMILES string of the molecule is CC(CCc1ccccc1)NC(=O)c1cnccn1. The molecule has 1 N–H and O–H groups in total. The predicted octanol–water partition coefficient (Wildman–Crippen LogP) is 2.23. The fourth-order valence-electron chi connectivity index (χ4n) is 1.81. The Morgan fingerprint density at radius 1 is 1.26 bits per heavy atom. The molecule has 0 saturated carbocycles. The van der Waals surface area contributed by atoms with Gasteiger partial charge in [0.2, 0.25) is 0 Å². The molecule has 1 atom stereocenters. The third kappa shape index (κ3) is 4.17. The number of benzene rings is 1. The second kappa shape index (κ2) is 6.64. The van der Waals surface area contributed by atoms with E-state index in [1.807, 2.05) is 25.1 Å². The van der Waals surface area contributed by atoms with E-state index in [1.165, 1.54) is 18.0 Å². The minimum Gasteiger partial charge on any atom is -0.348 e. The zero-order valence-corrected chi connectivity index (χ0v) is 10.9. The summed E-state index contributed by atoms with van der Waals surface area (Å²) in [6.07, 6.45) is 6.39. The highest BCUT2D eigenvalue weighted by atomic mass is 16.1. The zero-order chi connectivity index (χ0) is 13.5. The Morgan fingerprint density at radius 2 is 2.05 bits per heavy atom. The Bertz CT molecular complexity index is 513. The number of nitrogens with one attached hydrogen (secondary N) is 1.